The number of ether oxygens (including phenoxy) is 2. The molecule has 6 nitrogen and oxygen atoms in total. The Morgan fingerprint density at radius 3 is 2.29 bits per heavy atom. The van der Waals surface area contributed by atoms with Crippen LogP contribution in [0.15, 0.2) is 72.8 Å². The molecule has 3 aromatic carbocycles. The van der Waals surface area contributed by atoms with Gasteiger partial charge in [-0.15, -0.1) is 0 Å². The molecule has 1 aliphatic heterocycles. The molecule has 0 spiro atoms. The van der Waals surface area contributed by atoms with Gasteiger partial charge in [-0.3, -0.25) is 9.59 Å². The van der Waals surface area contributed by atoms with Gasteiger partial charge < -0.3 is 19.5 Å². The molecule has 0 unspecified atom stereocenters. The summed E-state index contributed by atoms with van der Waals surface area (Å²) in [5.41, 5.74) is 2.47. The molecule has 0 radical (unpaired) electrons. The van der Waals surface area contributed by atoms with Crippen LogP contribution in [0.5, 0.6) is 11.5 Å². The summed E-state index contributed by atoms with van der Waals surface area (Å²) in [4.78, 5) is 27.7. The maximum absolute atomic E-state index is 13.6. The van der Waals surface area contributed by atoms with E-state index in [1.807, 2.05) is 36.4 Å². The quantitative estimate of drug-likeness (QED) is 0.648. The summed E-state index contributed by atoms with van der Waals surface area (Å²) in [6, 6.07) is 20.9. The highest BCUT2D eigenvalue weighted by Crippen LogP contribution is 2.44. The predicted molar refractivity (Wildman–Crippen MR) is 115 cm³/mol. The molecular weight excluding hydrogens is 394 g/mol. The summed E-state index contributed by atoms with van der Waals surface area (Å²) in [6.07, 6.45) is 0. The fourth-order valence-corrected chi connectivity index (χ4v) is 4.22. The van der Waals surface area contributed by atoms with Crippen LogP contribution in [0.25, 0.3) is 0 Å². The molecule has 1 amide bonds. The second kappa shape index (κ2) is 8.52. The van der Waals surface area contributed by atoms with Gasteiger partial charge >= 0.3 is 5.97 Å². The third-order valence-corrected chi connectivity index (χ3v) is 5.70. The maximum atomic E-state index is 13.6. The smallest absolute Gasteiger partial charge is 0.313 e. The van der Waals surface area contributed by atoms with Crippen molar-refractivity contribution in [2.24, 2.45) is 0 Å². The van der Waals surface area contributed by atoms with Gasteiger partial charge in [0.2, 0.25) is 0 Å². The van der Waals surface area contributed by atoms with Crippen molar-refractivity contribution in [3.8, 4) is 11.5 Å². The number of rotatable bonds is 6. The summed E-state index contributed by atoms with van der Waals surface area (Å²) in [6.45, 7) is 0.220. The van der Waals surface area contributed by atoms with Gasteiger partial charge in [-0.1, -0.05) is 48.5 Å². The molecule has 1 N–H and O–H groups in total. The van der Waals surface area contributed by atoms with Gasteiger partial charge in [0.25, 0.3) is 5.91 Å². The molecule has 0 saturated heterocycles. The van der Waals surface area contributed by atoms with Crippen molar-refractivity contribution in [1.29, 1.82) is 0 Å². The molecule has 0 aromatic heterocycles. The topological polar surface area (TPSA) is 76.1 Å². The van der Waals surface area contributed by atoms with Gasteiger partial charge in [-0.25, -0.2) is 0 Å². The molecule has 2 atom stereocenters. The summed E-state index contributed by atoms with van der Waals surface area (Å²) < 4.78 is 10.7. The Morgan fingerprint density at radius 1 is 0.935 bits per heavy atom. The van der Waals surface area contributed by atoms with Gasteiger partial charge in [0.15, 0.2) is 0 Å². The minimum absolute atomic E-state index is 0.208. The van der Waals surface area contributed by atoms with Crippen LogP contribution in [0.3, 0.4) is 0 Å². The zero-order valence-electron chi connectivity index (χ0n) is 17.3. The van der Waals surface area contributed by atoms with E-state index in [9.17, 15) is 14.7 Å². The molecule has 3 aromatic rings. The number of amides is 1. The summed E-state index contributed by atoms with van der Waals surface area (Å²) in [5, 5.41) is 10.2. The third kappa shape index (κ3) is 3.72. The van der Waals surface area contributed by atoms with Crippen molar-refractivity contribution in [2.45, 2.75) is 18.5 Å². The van der Waals surface area contributed by atoms with Gasteiger partial charge in [0, 0.05) is 11.1 Å². The number of carbonyl (C=O) groups excluding carboxylic acids is 1. The molecule has 6 heteroatoms. The van der Waals surface area contributed by atoms with Crippen LogP contribution in [0.4, 0.5) is 0 Å². The Labute approximate surface area is 180 Å². The first-order valence-corrected chi connectivity index (χ1v) is 9.93. The van der Waals surface area contributed by atoms with E-state index in [0.717, 1.165) is 11.1 Å². The average Bonchev–Trinajstić information content (AvgIpc) is 2.80. The minimum atomic E-state index is -0.981. The number of aliphatic carboxylic acids is 1. The van der Waals surface area contributed by atoms with Crippen LogP contribution >= 0.6 is 0 Å². The fourth-order valence-electron chi connectivity index (χ4n) is 4.22. The van der Waals surface area contributed by atoms with Gasteiger partial charge in [-0.2, -0.15) is 0 Å². The lowest BCUT2D eigenvalue weighted by atomic mass is 9.79. The van der Waals surface area contributed by atoms with E-state index >= 15 is 0 Å². The molecule has 31 heavy (non-hydrogen) atoms. The lowest BCUT2D eigenvalue weighted by molar-refractivity contribution is -0.140. The predicted octanol–water partition coefficient (Wildman–Crippen LogP) is 4.27. The van der Waals surface area contributed by atoms with Crippen LogP contribution < -0.4 is 9.47 Å². The normalized spacial score (nSPS) is 17.7. The van der Waals surface area contributed by atoms with Crippen molar-refractivity contribution in [2.75, 3.05) is 14.2 Å². The van der Waals surface area contributed by atoms with E-state index in [2.05, 4.69) is 0 Å². The molecule has 0 aliphatic carbocycles. The Kier molecular flexibility index (Phi) is 5.62. The number of hydrogen-bond acceptors (Lipinski definition) is 4. The number of nitrogens with zero attached hydrogens (tertiary/aromatic N) is 1. The highest BCUT2D eigenvalue weighted by Gasteiger charge is 2.44. The first kappa shape index (κ1) is 20.5. The van der Waals surface area contributed by atoms with Gasteiger partial charge in [0.1, 0.15) is 17.4 Å². The Balaban J connectivity index is 1.88. The van der Waals surface area contributed by atoms with Crippen molar-refractivity contribution in [3.05, 3.63) is 95.1 Å². The number of carboxylic acid groups (broad SMARTS) is 1. The second-order valence-electron chi connectivity index (χ2n) is 7.37. The second-order valence-corrected chi connectivity index (χ2v) is 7.37. The Bertz CT molecular complexity index is 1110. The summed E-state index contributed by atoms with van der Waals surface area (Å²) >= 11 is 0. The zero-order chi connectivity index (χ0) is 22.0. The zero-order valence-corrected chi connectivity index (χ0v) is 17.3. The molecule has 0 bridgehead atoms. The summed E-state index contributed by atoms with van der Waals surface area (Å²) in [7, 11) is 3.15. The van der Waals surface area contributed by atoms with Gasteiger partial charge in [-0.05, 0) is 35.4 Å². The molecular formula is C25H23NO5. The van der Waals surface area contributed by atoms with E-state index in [0.29, 0.717) is 22.6 Å². The lowest BCUT2D eigenvalue weighted by Gasteiger charge is -2.41. The third-order valence-electron chi connectivity index (χ3n) is 5.70. The number of para-hydroxylation sites is 1. The Morgan fingerprint density at radius 2 is 1.61 bits per heavy atom. The first-order chi connectivity index (χ1) is 15.0. The van der Waals surface area contributed by atoms with Crippen molar-refractivity contribution in [3.63, 3.8) is 0 Å². The molecule has 1 heterocycles. The van der Waals surface area contributed by atoms with E-state index in [4.69, 9.17) is 9.47 Å². The number of carbonyl (C=O) groups is 2. The fraction of sp³-hybridized carbons (Fsp3) is 0.200. The molecule has 158 valence electrons. The number of hydrogen-bond donors (Lipinski definition) is 1. The highest BCUT2D eigenvalue weighted by atomic mass is 16.5. The van der Waals surface area contributed by atoms with Crippen molar-refractivity contribution >= 4 is 11.9 Å². The molecule has 0 fully saturated rings. The number of carboxylic acids is 1. The SMILES string of the molecule is COc1ccc([C@H]2[C@@H](C(=O)O)c3ccccc3C(=O)N2Cc2ccccc2OC)cc1. The van der Waals surface area contributed by atoms with Crippen LogP contribution in [-0.2, 0) is 11.3 Å². The van der Waals surface area contributed by atoms with E-state index in [1.165, 1.54) is 0 Å². The van der Waals surface area contributed by atoms with Crippen molar-refractivity contribution in [1.82, 2.24) is 4.90 Å². The monoisotopic (exact) mass is 417 g/mol. The van der Waals surface area contributed by atoms with E-state index < -0.39 is 17.9 Å². The van der Waals surface area contributed by atoms with Crippen LogP contribution in [0.2, 0.25) is 0 Å². The molecule has 0 saturated carbocycles. The van der Waals surface area contributed by atoms with E-state index in [1.54, 1.807) is 55.5 Å². The Hall–Kier alpha value is -3.80. The minimum Gasteiger partial charge on any atom is -0.497 e. The number of methoxy groups -OCH3 is 2. The lowest BCUT2D eigenvalue weighted by Crippen LogP contribution is -2.44. The average molecular weight is 417 g/mol. The standard InChI is InChI=1S/C25H23NO5/c1-30-18-13-11-16(12-14-18)23-22(25(28)29)19-8-4-5-9-20(19)24(27)26(23)15-17-7-3-6-10-21(17)31-2/h3-14,22-23H,15H2,1-2H3,(H,28,29)/t22-,23-/m0/s1. The molecule has 4 rings (SSSR count). The molecule has 1 aliphatic rings. The maximum Gasteiger partial charge on any atom is 0.313 e. The van der Waals surface area contributed by atoms with E-state index in [-0.39, 0.29) is 12.5 Å². The number of benzene rings is 3. The number of fused-ring (bicyclic) bond motifs is 1. The van der Waals surface area contributed by atoms with Crippen LogP contribution in [0, 0.1) is 0 Å². The highest BCUT2D eigenvalue weighted by molar-refractivity contribution is 6.00. The van der Waals surface area contributed by atoms with Crippen LogP contribution in [0.1, 0.15) is 39.0 Å². The van der Waals surface area contributed by atoms with Crippen molar-refractivity contribution < 1.29 is 24.2 Å². The van der Waals surface area contributed by atoms with Gasteiger partial charge in [0.05, 0.1) is 26.8 Å². The largest absolute Gasteiger partial charge is 0.497 e. The first-order valence-electron chi connectivity index (χ1n) is 9.93. The summed E-state index contributed by atoms with van der Waals surface area (Å²) in [5.74, 6) is -0.786. The van der Waals surface area contributed by atoms with Crippen LogP contribution in [-0.4, -0.2) is 36.1 Å².